The van der Waals surface area contributed by atoms with E-state index in [0.29, 0.717) is 56.7 Å². The van der Waals surface area contributed by atoms with Crippen LogP contribution < -0.4 is 19.7 Å². The second-order valence-electron chi connectivity index (χ2n) is 6.15. The van der Waals surface area contributed by atoms with E-state index in [-0.39, 0.29) is 5.91 Å². The van der Waals surface area contributed by atoms with Crippen molar-refractivity contribution in [1.29, 1.82) is 0 Å². The van der Waals surface area contributed by atoms with Gasteiger partial charge < -0.3 is 24.6 Å². The fraction of sp³-hybridized carbons (Fsp3) is 0.368. The molecule has 1 fully saturated rings. The van der Waals surface area contributed by atoms with Gasteiger partial charge in [-0.3, -0.25) is 9.59 Å². The first kappa shape index (κ1) is 19.4. The predicted molar refractivity (Wildman–Crippen MR) is 103 cm³/mol. The van der Waals surface area contributed by atoms with Gasteiger partial charge >= 0.3 is 0 Å². The van der Waals surface area contributed by atoms with E-state index >= 15 is 0 Å². The number of ether oxygens (including phenoxy) is 2. The number of anilines is 1. The van der Waals surface area contributed by atoms with Gasteiger partial charge in [0.25, 0.3) is 5.91 Å². The summed E-state index contributed by atoms with van der Waals surface area (Å²) in [6.45, 7) is 3.20. The van der Waals surface area contributed by atoms with E-state index in [1.165, 1.54) is 0 Å². The highest BCUT2D eigenvalue weighted by Crippen LogP contribution is 2.16. The normalized spacial score (nSPS) is 13.8. The Morgan fingerprint density at radius 3 is 2.54 bits per heavy atom. The number of benzene rings is 1. The Bertz CT molecular complexity index is 791. The number of nitrogens with one attached hydrogen (secondary N) is 1. The van der Waals surface area contributed by atoms with Crippen LogP contribution in [0.5, 0.6) is 11.5 Å². The molecular formula is C19H23N5O4. The van der Waals surface area contributed by atoms with Gasteiger partial charge in [-0.2, -0.15) is 0 Å². The molecule has 1 aliphatic heterocycles. The van der Waals surface area contributed by atoms with Crippen molar-refractivity contribution in [2.75, 3.05) is 51.3 Å². The number of carbonyl (C=O) groups excluding carboxylic acids is 2. The van der Waals surface area contributed by atoms with Crippen molar-refractivity contribution in [2.24, 2.45) is 0 Å². The molecule has 1 aromatic carbocycles. The zero-order valence-electron chi connectivity index (χ0n) is 15.7. The number of hydrogen-bond acceptors (Lipinski definition) is 7. The van der Waals surface area contributed by atoms with Crippen LogP contribution >= 0.6 is 0 Å². The zero-order chi connectivity index (χ0) is 19.8. The molecule has 3 rings (SSSR count). The van der Waals surface area contributed by atoms with Crippen molar-refractivity contribution in [3.8, 4) is 11.5 Å². The lowest BCUT2D eigenvalue weighted by molar-refractivity contribution is -0.118. The molecule has 1 N–H and O–H groups in total. The molecule has 28 heavy (non-hydrogen) atoms. The third-order valence-corrected chi connectivity index (χ3v) is 4.34. The average molecular weight is 385 g/mol. The van der Waals surface area contributed by atoms with Crippen molar-refractivity contribution in [2.45, 2.75) is 0 Å². The van der Waals surface area contributed by atoms with Crippen molar-refractivity contribution in [1.82, 2.24) is 20.2 Å². The number of aromatic nitrogens is 2. The number of amides is 2. The van der Waals surface area contributed by atoms with Crippen molar-refractivity contribution in [3.05, 3.63) is 42.2 Å². The van der Waals surface area contributed by atoms with Crippen LogP contribution in [-0.4, -0.2) is 73.6 Å². The highest BCUT2D eigenvalue weighted by Gasteiger charge is 2.19. The molecule has 9 nitrogen and oxygen atoms in total. The summed E-state index contributed by atoms with van der Waals surface area (Å²) in [6.07, 6.45) is 2.41. The van der Waals surface area contributed by atoms with Crippen molar-refractivity contribution in [3.63, 3.8) is 0 Å². The molecule has 2 heterocycles. The number of rotatable bonds is 8. The van der Waals surface area contributed by atoms with Gasteiger partial charge in [-0.1, -0.05) is 0 Å². The van der Waals surface area contributed by atoms with E-state index in [4.69, 9.17) is 9.47 Å². The zero-order valence-corrected chi connectivity index (χ0v) is 15.7. The average Bonchev–Trinajstić information content (AvgIpc) is 2.77. The molecule has 0 aliphatic carbocycles. The van der Waals surface area contributed by atoms with Crippen LogP contribution in [0.3, 0.4) is 0 Å². The summed E-state index contributed by atoms with van der Waals surface area (Å²) in [5.74, 6) is 1.67. The Morgan fingerprint density at radius 1 is 1.14 bits per heavy atom. The van der Waals surface area contributed by atoms with Gasteiger partial charge in [0.05, 0.1) is 13.7 Å². The number of hydrogen-bond donors (Lipinski definition) is 1. The summed E-state index contributed by atoms with van der Waals surface area (Å²) in [4.78, 5) is 35.4. The molecule has 1 aromatic heterocycles. The fourth-order valence-corrected chi connectivity index (χ4v) is 2.75. The SMILES string of the molecule is COc1ccc(OCCNC(=O)c2ccnc(N3CCN(C=O)CC3)n2)cc1. The van der Waals surface area contributed by atoms with Crippen LogP contribution in [-0.2, 0) is 4.79 Å². The number of methoxy groups -OCH3 is 1. The predicted octanol–water partition coefficient (Wildman–Crippen LogP) is 0.572. The van der Waals surface area contributed by atoms with Crippen LogP contribution in [0.4, 0.5) is 5.95 Å². The monoisotopic (exact) mass is 385 g/mol. The molecular weight excluding hydrogens is 362 g/mol. The summed E-state index contributed by atoms with van der Waals surface area (Å²) >= 11 is 0. The number of nitrogens with zero attached hydrogens (tertiary/aromatic N) is 4. The van der Waals surface area contributed by atoms with Crippen molar-refractivity contribution >= 4 is 18.3 Å². The third-order valence-electron chi connectivity index (χ3n) is 4.34. The van der Waals surface area contributed by atoms with E-state index < -0.39 is 0 Å². The Morgan fingerprint density at radius 2 is 1.86 bits per heavy atom. The molecule has 0 atom stereocenters. The highest BCUT2D eigenvalue weighted by molar-refractivity contribution is 5.92. The second kappa shape index (κ2) is 9.54. The quantitative estimate of drug-likeness (QED) is 0.524. The lowest BCUT2D eigenvalue weighted by Crippen LogP contribution is -2.46. The Labute approximate surface area is 163 Å². The molecule has 1 aliphatic rings. The molecule has 2 amide bonds. The maximum Gasteiger partial charge on any atom is 0.270 e. The van der Waals surface area contributed by atoms with E-state index in [1.54, 1.807) is 24.3 Å². The first-order valence-corrected chi connectivity index (χ1v) is 9.02. The fourth-order valence-electron chi connectivity index (χ4n) is 2.75. The minimum absolute atomic E-state index is 0.284. The lowest BCUT2D eigenvalue weighted by Gasteiger charge is -2.32. The molecule has 0 radical (unpaired) electrons. The molecule has 0 saturated carbocycles. The Kier molecular flexibility index (Phi) is 6.61. The van der Waals surface area contributed by atoms with Gasteiger partial charge in [0, 0.05) is 32.4 Å². The first-order chi connectivity index (χ1) is 13.7. The maximum atomic E-state index is 12.3. The van der Waals surface area contributed by atoms with E-state index in [9.17, 15) is 9.59 Å². The maximum absolute atomic E-state index is 12.3. The van der Waals surface area contributed by atoms with Gasteiger partial charge in [0.1, 0.15) is 23.8 Å². The first-order valence-electron chi connectivity index (χ1n) is 9.02. The second-order valence-corrected chi connectivity index (χ2v) is 6.15. The number of piperazine rings is 1. The van der Waals surface area contributed by atoms with Gasteiger partial charge in [-0.15, -0.1) is 0 Å². The summed E-state index contributed by atoms with van der Waals surface area (Å²) in [6, 6.07) is 8.81. The molecule has 0 spiro atoms. The van der Waals surface area contributed by atoms with Gasteiger partial charge in [-0.05, 0) is 30.3 Å². The van der Waals surface area contributed by atoms with Gasteiger partial charge in [0.2, 0.25) is 12.4 Å². The summed E-state index contributed by atoms with van der Waals surface area (Å²) in [7, 11) is 1.61. The molecule has 9 heteroatoms. The molecule has 0 unspecified atom stereocenters. The van der Waals surface area contributed by atoms with Crippen LogP contribution in [0, 0.1) is 0 Å². The highest BCUT2D eigenvalue weighted by atomic mass is 16.5. The van der Waals surface area contributed by atoms with Crippen LogP contribution in [0.2, 0.25) is 0 Å². The summed E-state index contributed by atoms with van der Waals surface area (Å²) in [5, 5.41) is 2.79. The van der Waals surface area contributed by atoms with E-state index in [2.05, 4.69) is 15.3 Å². The summed E-state index contributed by atoms with van der Waals surface area (Å²) in [5.41, 5.74) is 0.298. The van der Waals surface area contributed by atoms with Crippen molar-refractivity contribution < 1.29 is 19.1 Å². The molecule has 148 valence electrons. The molecule has 0 bridgehead atoms. The van der Waals surface area contributed by atoms with Gasteiger partial charge in [0.15, 0.2) is 0 Å². The smallest absolute Gasteiger partial charge is 0.270 e. The van der Waals surface area contributed by atoms with Crippen LogP contribution in [0.15, 0.2) is 36.5 Å². The van der Waals surface area contributed by atoms with Gasteiger partial charge in [-0.25, -0.2) is 9.97 Å². The Hall–Kier alpha value is -3.36. The third kappa shape index (κ3) is 5.09. The standard InChI is InChI=1S/C19H23N5O4/c1-27-15-2-4-16(5-3-15)28-13-8-20-18(26)17-6-7-21-19(22-17)24-11-9-23(14-25)10-12-24/h2-7,14H,8-13H2,1H3,(H,20,26). The minimum atomic E-state index is -0.284. The van der Waals surface area contributed by atoms with E-state index in [0.717, 1.165) is 12.2 Å². The summed E-state index contributed by atoms with van der Waals surface area (Å²) < 4.78 is 10.7. The van der Waals surface area contributed by atoms with E-state index in [1.807, 2.05) is 29.2 Å². The molecule has 1 saturated heterocycles. The topological polar surface area (TPSA) is 96.9 Å². The molecule has 2 aromatic rings. The van der Waals surface area contributed by atoms with Crippen LogP contribution in [0.25, 0.3) is 0 Å². The number of carbonyl (C=O) groups is 2. The lowest BCUT2D eigenvalue weighted by atomic mass is 10.3. The largest absolute Gasteiger partial charge is 0.497 e. The minimum Gasteiger partial charge on any atom is -0.497 e. The van der Waals surface area contributed by atoms with Crippen LogP contribution in [0.1, 0.15) is 10.5 Å². The Balaban J connectivity index is 1.47.